The lowest BCUT2D eigenvalue weighted by Crippen LogP contribution is -2.41. The van der Waals surface area contributed by atoms with Crippen molar-refractivity contribution >= 4 is 34.8 Å². The molecule has 2 aromatic rings. The molecule has 2 aromatic heterocycles. The standard InChI is InChI=1S/C10H13N7O3.H2O/c1-4(9(19)20)15-5(18)2-12-7-6-8(14-3-13-6)17-10(11)16-7;/h3-4H,2H2,1H3,(H,15,18)(H,19,20)(H4,11,12,13,14,16,17);1H2/t4-;/m0./s1. The van der Waals surface area contributed by atoms with E-state index in [2.05, 4.69) is 30.6 Å². The Kier molecular flexibility index (Phi) is 4.96. The molecule has 0 unspecified atom stereocenters. The number of rotatable bonds is 5. The molecule has 0 saturated heterocycles. The molecule has 0 aromatic carbocycles. The van der Waals surface area contributed by atoms with Gasteiger partial charge in [-0.3, -0.25) is 9.59 Å². The number of H-pyrrole nitrogens is 1. The van der Waals surface area contributed by atoms with E-state index in [1.807, 2.05) is 0 Å². The Balaban J connectivity index is 0.00000220. The van der Waals surface area contributed by atoms with Crippen LogP contribution in [0.1, 0.15) is 6.92 Å². The molecular formula is C10H15N7O4. The zero-order valence-corrected chi connectivity index (χ0v) is 11.0. The van der Waals surface area contributed by atoms with Crippen LogP contribution in [0.15, 0.2) is 6.33 Å². The summed E-state index contributed by atoms with van der Waals surface area (Å²) in [5.74, 6) is -1.25. The SMILES string of the molecule is C[C@H](NC(=O)CNc1nc(N)nc2nc[nH]c12)C(=O)O.O. The average Bonchev–Trinajstić information content (AvgIpc) is 2.83. The molecule has 2 rings (SSSR count). The van der Waals surface area contributed by atoms with E-state index in [1.165, 1.54) is 13.3 Å². The summed E-state index contributed by atoms with van der Waals surface area (Å²) in [4.78, 5) is 36.8. The number of carboxylic acid groups (broad SMARTS) is 1. The molecule has 0 fully saturated rings. The molecule has 11 heteroatoms. The number of nitrogens with zero attached hydrogens (tertiary/aromatic N) is 3. The lowest BCUT2D eigenvalue weighted by Gasteiger charge is -2.10. The fraction of sp³-hybridized carbons (Fsp3) is 0.300. The molecule has 0 aliphatic heterocycles. The number of nitrogens with one attached hydrogen (secondary N) is 3. The van der Waals surface area contributed by atoms with Gasteiger partial charge in [0.1, 0.15) is 11.6 Å². The van der Waals surface area contributed by atoms with E-state index < -0.39 is 17.9 Å². The smallest absolute Gasteiger partial charge is 0.325 e. The zero-order chi connectivity index (χ0) is 14.7. The molecule has 11 nitrogen and oxygen atoms in total. The zero-order valence-electron chi connectivity index (χ0n) is 11.0. The molecule has 114 valence electrons. The molecule has 8 N–H and O–H groups in total. The van der Waals surface area contributed by atoms with Gasteiger partial charge in [0.25, 0.3) is 0 Å². The van der Waals surface area contributed by atoms with E-state index in [1.54, 1.807) is 0 Å². The number of carbonyl (C=O) groups excluding carboxylic acids is 1. The second-order valence-electron chi connectivity index (χ2n) is 4.01. The number of hydrogen-bond acceptors (Lipinski definition) is 7. The van der Waals surface area contributed by atoms with Crippen LogP contribution >= 0.6 is 0 Å². The van der Waals surface area contributed by atoms with E-state index in [0.717, 1.165) is 0 Å². The van der Waals surface area contributed by atoms with E-state index in [4.69, 9.17) is 10.8 Å². The first-order valence-corrected chi connectivity index (χ1v) is 5.70. The molecule has 0 radical (unpaired) electrons. The Bertz CT molecular complexity index is 656. The molecule has 0 spiro atoms. The summed E-state index contributed by atoms with van der Waals surface area (Å²) in [7, 11) is 0. The molecule has 21 heavy (non-hydrogen) atoms. The molecule has 2 heterocycles. The van der Waals surface area contributed by atoms with Crippen molar-refractivity contribution in [1.29, 1.82) is 0 Å². The third-order valence-electron chi connectivity index (χ3n) is 2.47. The van der Waals surface area contributed by atoms with Gasteiger partial charge >= 0.3 is 5.97 Å². The summed E-state index contributed by atoms with van der Waals surface area (Å²) in [6, 6.07) is -0.966. The van der Waals surface area contributed by atoms with Crippen molar-refractivity contribution in [2.24, 2.45) is 0 Å². The second kappa shape index (κ2) is 6.47. The third kappa shape index (κ3) is 3.76. The Morgan fingerprint density at radius 1 is 1.48 bits per heavy atom. The Labute approximate surface area is 118 Å². The van der Waals surface area contributed by atoms with Crippen LogP contribution in [-0.2, 0) is 9.59 Å². The number of nitrogen functional groups attached to an aromatic ring is 1. The maximum Gasteiger partial charge on any atom is 0.325 e. The van der Waals surface area contributed by atoms with Crippen LogP contribution in [0.25, 0.3) is 11.2 Å². The van der Waals surface area contributed by atoms with Gasteiger partial charge < -0.3 is 31.9 Å². The summed E-state index contributed by atoms with van der Waals surface area (Å²) < 4.78 is 0. The van der Waals surface area contributed by atoms with Gasteiger partial charge in [-0.2, -0.15) is 9.97 Å². The molecule has 0 saturated carbocycles. The van der Waals surface area contributed by atoms with E-state index in [0.29, 0.717) is 17.0 Å². The second-order valence-corrected chi connectivity index (χ2v) is 4.01. The summed E-state index contributed by atoms with van der Waals surface area (Å²) in [5.41, 5.74) is 6.40. The van der Waals surface area contributed by atoms with Gasteiger partial charge in [0.2, 0.25) is 11.9 Å². The molecule has 1 amide bonds. The molecule has 1 atom stereocenters. The first-order chi connectivity index (χ1) is 9.47. The van der Waals surface area contributed by atoms with Gasteiger partial charge in [-0.05, 0) is 6.92 Å². The number of anilines is 2. The third-order valence-corrected chi connectivity index (χ3v) is 2.47. The number of imidazole rings is 1. The van der Waals surface area contributed by atoms with Gasteiger partial charge in [0, 0.05) is 0 Å². The van der Waals surface area contributed by atoms with E-state index in [9.17, 15) is 9.59 Å². The number of fused-ring (bicyclic) bond motifs is 1. The Morgan fingerprint density at radius 3 is 2.86 bits per heavy atom. The normalized spacial score (nSPS) is 11.5. The van der Waals surface area contributed by atoms with Crippen molar-refractivity contribution in [1.82, 2.24) is 25.3 Å². The predicted octanol–water partition coefficient (Wildman–Crippen LogP) is -1.89. The minimum atomic E-state index is -1.11. The molecule has 0 aliphatic rings. The minimum absolute atomic E-state index is 0. The predicted molar refractivity (Wildman–Crippen MR) is 73.4 cm³/mol. The number of hydrogen-bond donors (Lipinski definition) is 5. The fourth-order valence-electron chi connectivity index (χ4n) is 1.50. The highest BCUT2D eigenvalue weighted by Gasteiger charge is 2.14. The van der Waals surface area contributed by atoms with E-state index in [-0.39, 0.29) is 18.0 Å². The quantitative estimate of drug-likeness (QED) is 0.423. The topological polar surface area (TPSA) is 190 Å². The van der Waals surface area contributed by atoms with Gasteiger partial charge in [0.15, 0.2) is 11.5 Å². The molecule has 0 aliphatic carbocycles. The highest BCUT2D eigenvalue weighted by molar-refractivity contribution is 5.89. The number of aromatic amines is 1. The number of aliphatic carboxylic acids is 1. The van der Waals surface area contributed by atoms with Gasteiger partial charge in [-0.15, -0.1) is 0 Å². The number of carboxylic acids is 1. The van der Waals surface area contributed by atoms with Crippen LogP contribution in [0.2, 0.25) is 0 Å². The van der Waals surface area contributed by atoms with Gasteiger partial charge in [-0.1, -0.05) is 0 Å². The van der Waals surface area contributed by atoms with Crippen LogP contribution in [-0.4, -0.2) is 55.0 Å². The van der Waals surface area contributed by atoms with Crippen molar-refractivity contribution in [2.45, 2.75) is 13.0 Å². The van der Waals surface area contributed by atoms with Crippen LogP contribution in [0.5, 0.6) is 0 Å². The number of aromatic nitrogens is 4. The monoisotopic (exact) mass is 297 g/mol. The highest BCUT2D eigenvalue weighted by atomic mass is 16.4. The fourth-order valence-corrected chi connectivity index (χ4v) is 1.50. The van der Waals surface area contributed by atoms with Gasteiger partial charge in [-0.25, -0.2) is 4.98 Å². The van der Waals surface area contributed by atoms with Gasteiger partial charge in [0.05, 0.1) is 12.9 Å². The summed E-state index contributed by atoms with van der Waals surface area (Å²) >= 11 is 0. The largest absolute Gasteiger partial charge is 0.480 e. The molecular weight excluding hydrogens is 282 g/mol. The Hall–Kier alpha value is -2.95. The maximum absolute atomic E-state index is 11.6. The summed E-state index contributed by atoms with van der Waals surface area (Å²) in [5, 5.41) is 13.7. The first kappa shape index (κ1) is 16.1. The average molecular weight is 297 g/mol. The summed E-state index contributed by atoms with van der Waals surface area (Å²) in [6.07, 6.45) is 1.43. The van der Waals surface area contributed by atoms with Crippen LogP contribution in [0.4, 0.5) is 11.8 Å². The first-order valence-electron chi connectivity index (χ1n) is 5.70. The van der Waals surface area contributed by atoms with Crippen molar-refractivity contribution in [3.8, 4) is 0 Å². The van der Waals surface area contributed by atoms with Crippen LogP contribution in [0.3, 0.4) is 0 Å². The van der Waals surface area contributed by atoms with Crippen molar-refractivity contribution in [3.05, 3.63) is 6.33 Å². The minimum Gasteiger partial charge on any atom is -0.480 e. The number of nitrogens with two attached hydrogens (primary N) is 1. The van der Waals surface area contributed by atoms with Crippen molar-refractivity contribution in [2.75, 3.05) is 17.6 Å². The lowest BCUT2D eigenvalue weighted by atomic mass is 10.3. The Morgan fingerprint density at radius 2 is 2.19 bits per heavy atom. The van der Waals surface area contributed by atoms with Crippen LogP contribution in [0, 0.1) is 0 Å². The lowest BCUT2D eigenvalue weighted by molar-refractivity contribution is -0.141. The highest BCUT2D eigenvalue weighted by Crippen LogP contribution is 2.16. The summed E-state index contributed by atoms with van der Waals surface area (Å²) in [6.45, 7) is 1.22. The van der Waals surface area contributed by atoms with Crippen molar-refractivity contribution < 1.29 is 20.2 Å². The molecule has 0 bridgehead atoms. The van der Waals surface area contributed by atoms with Crippen LogP contribution < -0.4 is 16.4 Å². The number of amides is 1. The van der Waals surface area contributed by atoms with Crippen molar-refractivity contribution in [3.63, 3.8) is 0 Å². The maximum atomic E-state index is 11.6. The number of carbonyl (C=O) groups is 2. The van der Waals surface area contributed by atoms with E-state index >= 15 is 0 Å².